The van der Waals surface area contributed by atoms with E-state index in [1.807, 2.05) is 41.9 Å². The number of aryl methyl sites for hydroxylation is 1. The molecule has 0 atom stereocenters. The SMILES string of the molecule is C=C(C)C(=O)Nc1ccc(-c2c(-c3ccc(Oc4ncc(F)cn4)c(OC)c3)c3c(N)ncnc3n2C)cc1. The quantitative estimate of drug-likeness (QED) is 0.280. The fourth-order valence-electron chi connectivity index (χ4n) is 4.20. The van der Waals surface area contributed by atoms with Gasteiger partial charge in [0.05, 0.1) is 30.6 Å². The van der Waals surface area contributed by atoms with Crippen molar-refractivity contribution in [3.63, 3.8) is 0 Å². The summed E-state index contributed by atoms with van der Waals surface area (Å²) in [6.07, 6.45) is 3.45. The Morgan fingerprint density at radius 1 is 1.03 bits per heavy atom. The van der Waals surface area contributed by atoms with E-state index in [1.54, 1.807) is 19.1 Å². The molecule has 0 aliphatic heterocycles. The Morgan fingerprint density at radius 2 is 1.72 bits per heavy atom. The second-order valence-corrected chi connectivity index (χ2v) is 8.70. The van der Waals surface area contributed by atoms with Crippen LogP contribution in [-0.4, -0.2) is 37.5 Å². The summed E-state index contributed by atoms with van der Waals surface area (Å²) in [6.45, 7) is 5.32. The van der Waals surface area contributed by atoms with Crippen LogP contribution in [0.5, 0.6) is 17.5 Å². The first-order valence-electron chi connectivity index (χ1n) is 11.8. The summed E-state index contributed by atoms with van der Waals surface area (Å²) in [4.78, 5) is 28.4. The van der Waals surface area contributed by atoms with Crippen molar-refractivity contribution >= 4 is 28.4 Å². The van der Waals surface area contributed by atoms with E-state index in [2.05, 4.69) is 31.8 Å². The molecule has 10 nitrogen and oxygen atoms in total. The summed E-state index contributed by atoms with van der Waals surface area (Å²) in [5.74, 6) is 0.241. The predicted octanol–water partition coefficient (Wildman–Crippen LogP) is 5.13. The summed E-state index contributed by atoms with van der Waals surface area (Å²) in [6, 6.07) is 12.7. The van der Waals surface area contributed by atoms with Gasteiger partial charge in [0.2, 0.25) is 0 Å². The number of methoxy groups -OCH3 is 1. The van der Waals surface area contributed by atoms with Crippen LogP contribution < -0.4 is 20.5 Å². The lowest BCUT2D eigenvalue weighted by Crippen LogP contribution is -2.11. The molecule has 3 heterocycles. The highest BCUT2D eigenvalue weighted by Crippen LogP contribution is 2.44. The van der Waals surface area contributed by atoms with Crippen molar-refractivity contribution in [3.8, 4) is 39.9 Å². The number of nitrogens with one attached hydrogen (secondary N) is 1. The van der Waals surface area contributed by atoms with Crippen LogP contribution in [0, 0.1) is 5.82 Å². The van der Waals surface area contributed by atoms with Gasteiger partial charge in [-0.25, -0.2) is 24.3 Å². The summed E-state index contributed by atoms with van der Waals surface area (Å²) in [7, 11) is 3.40. The zero-order chi connectivity index (χ0) is 27.7. The fraction of sp³-hybridized carbons (Fsp3) is 0.107. The monoisotopic (exact) mass is 525 g/mol. The Kier molecular flexibility index (Phi) is 6.63. The normalized spacial score (nSPS) is 10.9. The van der Waals surface area contributed by atoms with Crippen LogP contribution in [0.2, 0.25) is 0 Å². The topological polar surface area (TPSA) is 130 Å². The summed E-state index contributed by atoms with van der Waals surface area (Å²) in [5.41, 5.74) is 11.3. The highest BCUT2D eigenvalue weighted by molar-refractivity contribution is 6.08. The number of benzene rings is 2. The van der Waals surface area contributed by atoms with E-state index in [0.717, 1.165) is 34.8 Å². The molecule has 3 aromatic heterocycles. The summed E-state index contributed by atoms with van der Waals surface area (Å²) < 4.78 is 26.5. The van der Waals surface area contributed by atoms with E-state index in [1.165, 1.54) is 13.4 Å². The van der Waals surface area contributed by atoms with Crippen LogP contribution in [0.15, 0.2) is 73.3 Å². The van der Waals surface area contributed by atoms with Gasteiger partial charge >= 0.3 is 6.01 Å². The molecule has 0 saturated heterocycles. The highest BCUT2D eigenvalue weighted by atomic mass is 19.1. The van der Waals surface area contributed by atoms with Crippen molar-refractivity contribution in [1.29, 1.82) is 0 Å². The van der Waals surface area contributed by atoms with Crippen molar-refractivity contribution in [2.75, 3.05) is 18.2 Å². The number of rotatable bonds is 7. The fourth-order valence-corrected chi connectivity index (χ4v) is 4.20. The number of fused-ring (bicyclic) bond motifs is 1. The first kappa shape index (κ1) is 25.3. The molecule has 39 heavy (non-hydrogen) atoms. The first-order chi connectivity index (χ1) is 18.8. The van der Waals surface area contributed by atoms with E-state index >= 15 is 0 Å². The third kappa shape index (κ3) is 4.85. The number of halogens is 1. The Morgan fingerprint density at radius 3 is 2.38 bits per heavy atom. The van der Waals surface area contributed by atoms with E-state index in [4.69, 9.17) is 15.2 Å². The molecule has 3 N–H and O–H groups in total. The van der Waals surface area contributed by atoms with Crippen molar-refractivity contribution in [1.82, 2.24) is 24.5 Å². The van der Waals surface area contributed by atoms with Gasteiger partial charge in [0.15, 0.2) is 17.3 Å². The highest BCUT2D eigenvalue weighted by Gasteiger charge is 2.23. The minimum Gasteiger partial charge on any atom is -0.493 e. The Labute approximate surface area is 223 Å². The van der Waals surface area contributed by atoms with Crippen LogP contribution >= 0.6 is 0 Å². The van der Waals surface area contributed by atoms with Gasteiger partial charge in [-0.15, -0.1) is 0 Å². The molecule has 0 saturated carbocycles. The van der Waals surface area contributed by atoms with Gasteiger partial charge in [0.1, 0.15) is 17.8 Å². The van der Waals surface area contributed by atoms with E-state index in [-0.39, 0.29) is 11.9 Å². The molecule has 0 radical (unpaired) electrons. The lowest BCUT2D eigenvalue weighted by molar-refractivity contribution is -0.112. The van der Waals surface area contributed by atoms with Crippen LogP contribution in [0.4, 0.5) is 15.9 Å². The molecular weight excluding hydrogens is 501 g/mol. The third-order valence-electron chi connectivity index (χ3n) is 6.05. The van der Waals surface area contributed by atoms with Crippen LogP contribution in [0.1, 0.15) is 6.92 Å². The van der Waals surface area contributed by atoms with Gasteiger partial charge < -0.3 is 25.1 Å². The standard InChI is InChI=1S/C28H24FN7O3/c1-15(2)27(37)35-19-8-5-16(6-9-19)24-22(23-25(30)33-14-34-26(23)36(24)3)17-7-10-20(21(11-17)38-4)39-28-31-12-18(29)13-32-28/h5-14H,1H2,2-4H3,(H,35,37)(H2,30,33,34). The van der Waals surface area contributed by atoms with Crippen LogP contribution in [-0.2, 0) is 11.8 Å². The van der Waals surface area contributed by atoms with E-state index in [9.17, 15) is 9.18 Å². The number of aromatic nitrogens is 5. The Bertz CT molecular complexity index is 1710. The second kappa shape index (κ2) is 10.2. The summed E-state index contributed by atoms with van der Waals surface area (Å²) in [5, 5.41) is 3.49. The van der Waals surface area contributed by atoms with Crippen molar-refractivity contribution < 1.29 is 18.7 Å². The number of nitrogens with zero attached hydrogens (tertiary/aromatic N) is 5. The average molecular weight is 526 g/mol. The molecule has 0 aliphatic rings. The van der Waals surface area contributed by atoms with Gasteiger partial charge in [0, 0.05) is 23.9 Å². The molecule has 5 aromatic rings. The number of nitrogens with two attached hydrogens (primary N) is 1. The Hall–Kier alpha value is -5.32. The molecule has 0 bridgehead atoms. The maximum Gasteiger partial charge on any atom is 0.322 e. The Balaban J connectivity index is 1.63. The molecule has 196 valence electrons. The largest absolute Gasteiger partial charge is 0.493 e. The van der Waals surface area contributed by atoms with E-state index in [0.29, 0.717) is 39.6 Å². The number of carbonyl (C=O) groups excluding carboxylic acids is 1. The molecule has 1 amide bonds. The number of nitrogen functional groups attached to an aromatic ring is 1. The van der Waals surface area contributed by atoms with Crippen molar-refractivity contribution in [3.05, 3.63) is 79.2 Å². The zero-order valence-corrected chi connectivity index (χ0v) is 21.4. The number of amides is 1. The van der Waals surface area contributed by atoms with Gasteiger partial charge in [-0.2, -0.15) is 0 Å². The van der Waals surface area contributed by atoms with Crippen molar-refractivity contribution in [2.45, 2.75) is 6.92 Å². The van der Waals surface area contributed by atoms with Crippen molar-refractivity contribution in [2.24, 2.45) is 7.05 Å². The van der Waals surface area contributed by atoms with Gasteiger partial charge in [0.25, 0.3) is 5.91 Å². The van der Waals surface area contributed by atoms with Gasteiger partial charge in [-0.1, -0.05) is 24.8 Å². The number of hydrogen-bond donors (Lipinski definition) is 2. The van der Waals surface area contributed by atoms with Crippen LogP contribution in [0.3, 0.4) is 0 Å². The predicted molar refractivity (Wildman–Crippen MR) is 146 cm³/mol. The number of anilines is 2. The number of hydrogen-bond acceptors (Lipinski definition) is 8. The molecule has 0 aliphatic carbocycles. The number of ether oxygens (including phenoxy) is 2. The average Bonchev–Trinajstić information content (AvgIpc) is 3.24. The van der Waals surface area contributed by atoms with Gasteiger partial charge in [-0.05, 0) is 42.3 Å². The molecule has 2 aromatic carbocycles. The van der Waals surface area contributed by atoms with E-state index < -0.39 is 5.82 Å². The minimum absolute atomic E-state index is 0.0234. The molecule has 0 spiro atoms. The number of carbonyl (C=O) groups is 1. The molecular formula is C28H24FN7O3. The molecule has 0 fully saturated rings. The van der Waals surface area contributed by atoms with Crippen LogP contribution in [0.25, 0.3) is 33.4 Å². The minimum atomic E-state index is -0.570. The second-order valence-electron chi connectivity index (χ2n) is 8.70. The van der Waals surface area contributed by atoms with Gasteiger partial charge in [-0.3, -0.25) is 4.79 Å². The first-order valence-corrected chi connectivity index (χ1v) is 11.8. The third-order valence-corrected chi connectivity index (χ3v) is 6.05. The maximum absolute atomic E-state index is 13.2. The lowest BCUT2D eigenvalue weighted by Gasteiger charge is -2.13. The molecule has 5 rings (SSSR count). The zero-order valence-electron chi connectivity index (χ0n) is 21.4. The summed E-state index contributed by atoms with van der Waals surface area (Å²) >= 11 is 0. The lowest BCUT2D eigenvalue weighted by atomic mass is 9.98. The molecule has 0 unspecified atom stereocenters. The smallest absolute Gasteiger partial charge is 0.322 e. The molecule has 11 heteroatoms. The maximum atomic E-state index is 13.2.